The van der Waals surface area contributed by atoms with Crippen LogP contribution in [0.2, 0.25) is 5.02 Å². The van der Waals surface area contributed by atoms with Crippen LogP contribution < -0.4 is 0 Å². The van der Waals surface area contributed by atoms with E-state index in [0.717, 1.165) is 11.8 Å². The van der Waals surface area contributed by atoms with Gasteiger partial charge in [0, 0.05) is 12.6 Å². The number of carboxylic acid groups (broad SMARTS) is 1. The summed E-state index contributed by atoms with van der Waals surface area (Å²) in [6, 6.07) is 2.72. The molecule has 0 atom stereocenters. The number of nitrogens with zero attached hydrogens (tertiary/aromatic N) is 2. The van der Waals surface area contributed by atoms with Gasteiger partial charge in [-0.3, -0.25) is 4.79 Å². The molecular weight excluding hydrogens is 291 g/mol. The molecule has 0 aliphatic carbocycles. The summed E-state index contributed by atoms with van der Waals surface area (Å²) in [4.78, 5) is 14.9. The van der Waals surface area contributed by atoms with Gasteiger partial charge in [0.2, 0.25) is 0 Å². The number of carboxylic acids is 1. The number of carbonyl (C=O) groups is 1. The van der Waals surface area contributed by atoms with Crippen molar-refractivity contribution >= 4 is 40.4 Å². The fourth-order valence-corrected chi connectivity index (χ4v) is 2.54. The minimum atomic E-state index is -0.938. The van der Waals surface area contributed by atoms with E-state index in [1.165, 1.54) is 12.1 Å². The SMILES string of the molecule is C=CCn1c(SCC(=O)O)nc2cc(Cl)c(F)cc21. The van der Waals surface area contributed by atoms with Crippen molar-refractivity contribution in [1.29, 1.82) is 0 Å². The molecular formula is C12H10ClFN2O2S. The van der Waals surface area contributed by atoms with Gasteiger partial charge in [-0.1, -0.05) is 29.4 Å². The summed E-state index contributed by atoms with van der Waals surface area (Å²) in [6.07, 6.45) is 1.64. The largest absolute Gasteiger partial charge is 0.481 e. The monoisotopic (exact) mass is 300 g/mol. The Morgan fingerprint density at radius 3 is 3.00 bits per heavy atom. The molecule has 0 bridgehead atoms. The molecule has 0 aliphatic rings. The van der Waals surface area contributed by atoms with Crippen molar-refractivity contribution in [1.82, 2.24) is 9.55 Å². The third-order valence-corrected chi connectivity index (χ3v) is 3.64. The molecule has 0 aliphatic heterocycles. The standard InChI is InChI=1S/C12H10ClFN2O2S/c1-2-3-16-10-5-8(14)7(13)4-9(10)15-12(16)19-6-11(17)18/h2,4-5H,1,3,6H2,(H,17,18). The van der Waals surface area contributed by atoms with Gasteiger partial charge >= 0.3 is 5.97 Å². The zero-order valence-electron chi connectivity index (χ0n) is 9.77. The van der Waals surface area contributed by atoms with Gasteiger partial charge in [-0.15, -0.1) is 6.58 Å². The third-order valence-electron chi connectivity index (χ3n) is 2.39. The Bertz CT molecular complexity index is 657. The van der Waals surface area contributed by atoms with Crippen molar-refractivity contribution in [2.75, 3.05) is 5.75 Å². The summed E-state index contributed by atoms with van der Waals surface area (Å²) in [5, 5.41) is 9.19. The molecule has 19 heavy (non-hydrogen) atoms. The van der Waals surface area contributed by atoms with Crippen LogP contribution in [0, 0.1) is 5.82 Å². The van der Waals surface area contributed by atoms with Gasteiger partial charge in [0.25, 0.3) is 0 Å². The number of rotatable bonds is 5. The van der Waals surface area contributed by atoms with Crippen LogP contribution in [0.1, 0.15) is 0 Å². The molecule has 7 heteroatoms. The third kappa shape index (κ3) is 2.90. The fraction of sp³-hybridized carbons (Fsp3) is 0.167. The number of allylic oxidation sites excluding steroid dienone is 1. The fourth-order valence-electron chi connectivity index (χ4n) is 1.64. The summed E-state index contributed by atoms with van der Waals surface area (Å²) in [7, 11) is 0. The van der Waals surface area contributed by atoms with E-state index in [2.05, 4.69) is 11.6 Å². The van der Waals surface area contributed by atoms with Crippen molar-refractivity contribution in [3.8, 4) is 0 Å². The Labute approximate surface area is 117 Å². The summed E-state index contributed by atoms with van der Waals surface area (Å²) in [6.45, 7) is 4.04. The molecule has 2 rings (SSSR count). The highest BCUT2D eigenvalue weighted by molar-refractivity contribution is 7.99. The van der Waals surface area contributed by atoms with E-state index in [0.29, 0.717) is 22.7 Å². The van der Waals surface area contributed by atoms with Crippen LogP contribution in [-0.2, 0) is 11.3 Å². The second kappa shape index (κ2) is 5.63. The summed E-state index contributed by atoms with van der Waals surface area (Å²) >= 11 is 6.78. The Hall–Kier alpha value is -1.53. The van der Waals surface area contributed by atoms with Crippen LogP contribution in [0.3, 0.4) is 0 Å². The van der Waals surface area contributed by atoms with Gasteiger partial charge in [-0.25, -0.2) is 9.37 Å². The molecule has 4 nitrogen and oxygen atoms in total. The quantitative estimate of drug-likeness (QED) is 0.680. The van der Waals surface area contributed by atoms with Crippen molar-refractivity contribution in [2.45, 2.75) is 11.7 Å². The average molecular weight is 301 g/mol. The molecule has 1 aromatic carbocycles. The number of benzene rings is 1. The van der Waals surface area contributed by atoms with E-state index in [-0.39, 0.29) is 10.8 Å². The van der Waals surface area contributed by atoms with Gasteiger partial charge in [0.15, 0.2) is 5.16 Å². The van der Waals surface area contributed by atoms with E-state index < -0.39 is 11.8 Å². The maximum absolute atomic E-state index is 13.5. The van der Waals surface area contributed by atoms with E-state index in [9.17, 15) is 9.18 Å². The van der Waals surface area contributed by atoms with E-state index in [1.54, 1.807) is 10.6 Å². The second-order valence-electron chi connectivity index (χ2n) is 3.73. The predicted molar refractivity (Wildman–Crippen MR) is 73.3 cm³/mol. The first-order valence-electron chi connectivity index (χ1n) is 5.33. The predicted octanol–water partition coefficient (Wildman–Crippen LogP) is 3.19. The molecule has 0 saturated carbocycles. The summed E-state index contributed by atoms with van der Waals surface area (Å²) < 4.78 is 15.2. The number of aliphatic carboxylic acids is 1. The van der Waals surface area contributed by atoms with Crippen LogP contribution in [0.25, 0.3) is 11.0 Å². The number of thioether (sulfide) groups is 1. The Balaban J connectivity index is 2.52. The van der Waals surface area contributed by atoms with Crippen molar-refractivity contribution in [3.05, 3.63) is 35.6 Å². The first-order valence-corrected chi connectivity index (χ1v) is 6.70. The number of fused-ring (bicyclic) bond motifs is 1. The first kappa shape index (κ1) is 13.9. The number of aromatic nitrogens is 2. The van der Waals surface area contributed by atoms with Crippen molar-refractivity contribution < 1.29 is 14.3 Å². The average Bonchev–Trinajstić information content (AvgIpc) is 2.66. The molecule has 100 valence electrons. The molecule has 0 amide bonds. The number of hydrogen-bond acceptors (Lipinski definition) is 3. The lowest BCUT2D eigenvalue weighted by Crippen LogP contribution is -2.02. The van der Waals surface area contributed by atoms with Gasteiger partial charge in [0.1, 0.15) is 5.82 Å². The maximum Gasteiger partial charge on any atom is 0.313 e. The van der Waals surface area contributed by atoms with Crippen LogP contribution >= 0.6 is 23.4 Å². The number of halogens is 2. The molecule has 1 aromatic heterocycles. The van der Waals surface area contributed by atoms with Crippen LogP contribution in [0.4, 0.5) is 4.39 Å². The molecule has 0 radical (unpaired) electrons. The van der Waals surface area contributed by atoms with Crippen LogP contribution in [0.5, 0.6) is 0 Å². The van der Waals surface area contributed by atoms with Gasteiger partial charge < -0.3 is 9.67 Å². The lowest BCUT2D eigenvalue weighted by atomic mass is 10.3. The van der Waals surface area contributed by atoms with Gasteiger partial charge in [-0.05, 0) is 6.07 Å². The topological polar surface area (TPSA) is 55.1 Å². The Morgan fingerprint density at radius 1 is 1.63 bits per heavy atom. The van der Waals surface area contributed by atoms with Crippen molar-refractivity contribution in [2.24, 2.45) is 0 Å². The number of hydrogen-bond donors (Lipinski definition) is 1. The highest BCUT2D eigenvalue weighted by atomic mass is 35.5. The summed E-state index contributed by atoms with van der Waals surface area (Å²) in [5.74, 6) is -1.59. The maximum atomic E-state index is 13.5. The number of imidazole rings is 1. The van der Waals surface area contributed by atoms with Crippen molar-refractivity contribution in [3.63, 3.8) is 0 Å². The van der Waals surface area contributed by atoms with Gasteiger partial charge in [-0.2, -0.15) is 0 Å². The van der Waals surface area contributed by atoms with E-state index in [4.69, 9.17) is 16.7 Å². The van der Waals surface area contributed by atoms with Crippen LogP contribution in [0.15, 0.2) is 29.9 Å². The highest BCUT2D eigenvalue weighted by Crippen LogP contribution is 2.28. The molecule has 0 fully saturated rings. The molecule has 2 aromatic rings. The lowest BCUT2D eigenvalue weighted by Gasteiger charge is -2.04. The smallest absolute Gasteiger partial charge is 0.313 e. The van der Waals surface area contributed by atoms with E-state index in [1.807, 2.05) is 0 Å². The zero-order chi connectivity index (χ0) is 14.0. The zero-order valence-corrected chi connectivity index (χ0v) is 11.3. The lowest BCUT2D eigenvalue weighted by molar-refractivity contribution is -0.133. The summed E-state index contributed by atoms with van der Waals surface area (Å²) in [5.41, 5.74) is 1.09. The first-order chi connectivity index (χ1) is 9.02. The minimum absolute atomic E-state index is 0.00876. The Kier molecular flexibility index (Phi) is 4.11. The molecule has 0 saturated heterocycles. The molecule has 1 heterocycles. The highest BCUT2D eigenvalue weighted by Gasteiger charge is 2.14. The van der Waals surface area contributed by atoms with E-state index >= 15 is 0 Å². The van der Waals surface area contributed by atoms with Gasteiger partial charge in [0.05, 0.1) is 21.8 Å². The molecule has 1 N–H and O–H groups in total. The Morgan fingerprint density at radius 2 is 2.37 bits per heavy atom. The minimum Gasteiger partial charge on any atom is -0.481 e. The molecule has 0 spiro atoms. The second-order valence-corrected chi connectivity index (χ2v) is 5.08. The molecule has 0 unspecified atom stereocenters. The van der Waals surface area contributed by atoms with Crippen LogP contribution in [-0.4, -0.2) is 26.4 Å². The normalized spacial score (nSPS) is 10.8.